The first-order valence-corrected chi connectivity index (χ1v) is 13.2. The SMILES string of the molecule is CC1C(=O)C(C#N)=CC2(C)C3=CC(=O)C4C(CCC5(C(=O)NO)CCC(C)(C)CC45)C3(C)CCC12. The van der Waals surface area contributed by atoms with E-state index in [-0.39, 0.29) is 63.5 Å². The van der Waals surface area contributed by atoms with Gasteiger partial charge in [0, 0.05) is 17.3 Å². The van der Waals surface area contributed by atoms with E-state index in [4.69, 9.17) is 0 Å². The fourth-order valence-electron chi connectivity index (χ4n) is 9.40. The molecule has 0 bridgehead atoms. The Balaban J connectivity index is 1.64. The zero-order valence-electron chi connectivity index (χ0n) is 21.6. The monoisotopic (exact) mass is 478 g/mol. The van der Waals surface area contributed by atoms with Gasteiger partial charge in [0.25, 0.3) is 0 Å². The van der Waals surface area contributed by atoms with E-state index in [1.807, 2.05) is 24.6 Å². The number of nitrogens with zero attached hydrogens (tertiary/aromatic N) is 1. The first kappa shape index (κ1) is 24.4. The van der Waals surface area contributed by atoms with Crippen LogP contribution in [0.15, 0.2) is 23.3 Å². The Labute approximate surface area is 208 Å². The van der Waals surface area contributed by atoms with Crippen LogP contribution in [0.4, 0.5) is 0 Å². The number of Topliss-reactive ketones (excluding diaryl/α,β-unsaturated/α-hetero) is 1. The van der Waals surface area contributed by atoms with E-state index in [1.165, 1.54) is 0 Å². The summed E-state index contributed by atoms with van der Waals surface area (Å²) in [5.74, 6) is -0.756. The lowest BCUT2D eigenvalue weighted by atomic mass is 9.39. The van der Waals surface area contributed by atoms with E-state index in [0.717, 1.165) is 37.7 Å². The number of hydrogen-bond donors (Lipinski definition) is 2. The maximum atomic E-state index is 14.0. The Morgan fingerprint density at radius 2 is 1.74 bits per heavy atom. The van der Waals surface area contributed by atoms with E-state index >= 15 is 0 Å². The highest BCUT2D eigenvalue weighted by atomic mass is 16.5. The molecule has 0 aromatic carbocycles. The van der Waals surface area contributed by atoms with Gasteiger partial charge in [-0.2, -0.15) is 5.26 Å². The van der Waals surface area contributed by atoms with Crippen LogP contribution in [0.2, 0.25) is 0 Å². The number of hydroxylamine groups is 1. The van der Waals surface area contributed by atoms with Crippen LogP contribution in [-0.4, -0.2) is 22.7 Å². The minimum atomic E-state index is -0.705. The van der Waals surface area contributed by atoms with Crippen molar-refractivity contribution >= 4 is 17.5 Å². The van der Waals surface area contributed by atoms with Crippen LogP contribution in [0.5, 0.6) is 0 Å². The minimum absolute atomic E-state index is 0.0320. The molecule has 5 aliphatic rings. The van der Waals surface area contributed by atoms with Gasteiger partial charge in [-0.1, -0.05) is 46.3 Å². The first-order valence-electron chi connectivity index (χ1n) is 13.2. The molecule has 6 nitrogen and oxygen atoms in total. The number of carbonyl (C=O) groups is 3. The fourth-order valence-corrected chi connectivity index (χ4v) is 9.40. The molecule has 0 aromatic rings. The molecule has 1 amide bonds. The number of fused-ring (bicyclic) bond motifs is 7. The highest BCUT2D eigenvalue weighted by molar-refractivity contribution is 6.02. The second kappa shape index (κ2) is 7.62. The summed E-state index contributed by atoms with van der Waals surface area (Å²) in [5.41, 5.74) is 1.84. The molecule has 2 N–H and O–H groups in total. The summed E-state index contributed by atoms with van der Waals surface area (Å²) < 4.78 is 0. The molecule has 0 saturated heterocycles. The lowest BCUT2D eigenvalue weighted by molar-refractivity contribution is -0.167. The maximum Gasteiger partial charge on any atom is 0.249 e. The number of nitrogens with one attached hydrogen (secondary N) is 1. The summed E-state index contributed by atoms with van der Waals surface area (Å²) in [6.07, 6.45) is 9.28. The van der Waals surface area contributed by atoms with Crippen LogP contribution in [-0.2, 0) is 14.4 Å². The number of carbonyl (C=O) groups excluding carboxylic acids is 3. The van der Waals surface area contributed by atoms with Crippen LogP contribution in [0.25, 0.3) is 0 Å². The van der Waals surface area contributed by atoms with Crippen molar-refractivity contribution in [1.82, 2.24) is 5.48 Å². The predicted molar refractivity (Wildman–Crippen MR) is 130 cm³/mol. The van der Waals surface area contributed by atoms with Gasteiger partial charge in [0.15, 0.2) is 11.6 Å². The van der Waals surface area contributed by atoms with Crippen molar-refractivity contribution in [3.8, 4) is 6.07 Å². The van der Waals surface area contributed by atoms with Gasteiger partial charge in [0.1, 0.15) is 6.07 Å². The molecule has 0 heterocycles. The Bertz CT molecular complexity index is 1110. The largest absolute Gasteiger partial charge is 0.295 e. The van der Waals surface area contributed by atoms with Crippen LogP contribution in [0.1, 0.15) is 79.6 Å². The third kappa shape index (κ3) is 3.13. The summed E-state index contributed by atoms with van der Waals surface area (Å²) in [4.78, 5) is 39.9. The third-order valence-corrected chi connectivity index (χ3v) is 11.3. The summed E-state index contributed by atoms with van der Waals surface area (Å²) >= 11 is 0. The molecule has 8 atom stereocenters. The molecule has 6 heteroatoms. The van der Waals surface area contributed by atoms with E-state index in [1.54, 1.807) is 0 Å². The number of nitriles is 1. The molecule has 3 fully saturated rings. The molecule has 188 valence electrons. The maximum absolute atomic E-state index is 14.0. The van der Waals surface area contributed by atoms with Gasteiger partial charge in [-0.25, -0.2) is 5.48 Å². The summed E-state index contributed by atoms with van der Waals surface area (Å²) in [6.45, 7) is 10.8. The highest BCUT2D eigenvalue weighted by Crippen LogP contribution is 2.69. The zero-order chi connectivity index (χ0) is 25.6. The molecule has 0 aromatic heterocycles. The second-order valence-electron chi connectivity index (χ2n) is 13.4. The van der Waals surface area contributed by atoms with Gasteiger partial charge in [-0.05, 0) is 79.6 Å². The van der Waals surface area contributed by atoms with Gasteiger partial charge >= 0.3 is 0 Å². The molecule has 5 aliphatic carbocycles. The number of rotatable bonds is 1. The number of hydrogen-bond acceptors (Lipinski definition) is 5. The lowest BCUT2D eigenvalue weighted by Crippen LogP contribution is -2.62. The third-order valence-electron chi connectivity index (χ3n) is 11.3. The molecule has 0 spiro atoms. The van der Waals surface area contributed by atoms with Crippen molar-refractivity contribution in [2.24, 2.45) is 51.2 Å². The minimum Gasteiger partial charge on any atom is -0.295 e. The van der Waals surface area contributed by atoms with E-state index in [9.17, 15) is 24.9 Å². The van der Waals surface area contributed by atoms with Gasteiger partial charge in [-0.3, -0.25) is 19.6 Å². The van der Waals surface area contributed by atoms with Gasteiger partial charge < -0.3 is 0 Å². The lowest BCUT2D eigenvalue weighted by Gasteiger charge is -2.63. The van der Waals surface area contributed by atoms with E-state index in [0.29, 0.717) is 12.8 Å². The quantitative estimate of drug-likeness (QED) is 0.410. The molecule has 5 rings (SSSR count). The van der Waals surface area contributed by atoms with Crippen molar-refractivity contribution in [3.05, 3.63) is 23.3 Å². The Kier molecular flexibility index (Phi) is 5.32. The second-order valence-corrected chi connectivity index (χ2v) is 13.4. The summed E-state index contributed by atoms with van der Waals surface area (Å²) in [5, 5.41) is 19.3. The average Bonchev–Trinajstić information content (AvgIpc) is 2.81. The van der Waals surface area contributed by atoms with Crippen LogP contribution < -0.4 is 5.48 Å². The number of ketones is 2. The van der Waals surface area contributed by atoms with Crippen LogP contribution in [0, 0.1) is 62.6 Å². The van der Waals surface area contributed by atoms with Crippen molar-refractivity contribution < 1.29 is 19.6 Å². The smallest absolute Gasteiger partial charge is 0.249 e. The normalized spacial score (nSPS) is 46.0. The topological polar surface area (TPSA) is 107 Å². The molecule has 8 unspecified atom stereocenters. The van der Waals surface area contributed by atoms with Gasteiger partial charge in [-0.15, -0.1) is 0 Å². The Morgan fingerprint density at radius 3 is 2.40 bits per heavy atom. The van der Waals surface area contributed by atoms with Crippen LogP contribution in [0.3, 0.4) is 0 Å². The average molecular weight is 479 g/mol. The number of allylic oxidation sites excluding steroid dienone is 4. The fraction of sp³-hybridized carbons (Fsp3) is 0.724. The van der Waals surface area contributed by atoms with Crippen molar-refractivity contribution in [3.63, 3.8) is 0 Å². The van der Waals surface area contributed by atoms with E-state index < -0.39 is 10.8 Å². The summed E-state index contributed by atoms with van der Waals surface area (Å²) in [6, 6.07) is 2.12. The van der Waals surface area contributed by atoms with E-state index in [2.05, 4.69) is 33.8 Å². The molecule has 3 saturated carbocycles. The van der Waals surface area contributed by atoms with Crippen molar-refractivity contribution in [2.75, 3.05) is 0 Å². The standard InChI is InChI=1S/C29H38N2O4/c1-16-18-6-8-27(4)19-7-9-29(25(34)31-35)11-10-26(2,3)14-20(29)23(19)21(32)12-22(27)28(18,5)13-17(15-30)24(16)33/h12-13,16,18-20,23,35H,6-11,14H2,1-5H3,(H,31,34). The predicted octanol–water partition coefficient (Wildman–Crippen LogP) is 4.93. The molecular formula is C29H38N2O4. The molecule has 35 heavy (non-hydrogen) atoms. The molecule has 0 aliphatic heterocycles. The summed E-state index contributed by atoms with van der Waals surface area (Å²) in [7, 11) is 0. The molecular weight excluding hydrogens is 440 g/mol. The Morgan fingerprint density at radius 1 is 1.06 bits per heavy atom. The first-order chi connectivity index (χ1) is 16.3. The van der Waals surface area contributed by atoms with Crippen LogP contribution >= 0.6 is 0 Å². The Hall–Kier alpha value is -2.26. The zero-order valence-corrected chi connectivity index (χ0v) is 21.6. The van der Waals surface area contributed by atoms with Gasteiger partial charge in [0.2, 0.25) is 5.91 Å². The number of amides is 1. The van der Waals surface area contributed by atoms with Crippen molar-refractivity contribution in [2.45, 2.75) is 79.6 Å². The van der Waals surface area contributed by atoms with Gasteiger partial charge in [0.05, 0.1) is 11.0 Å². The molecule has 0 radical (unpaired) electrons. The van der Waals surface area contributed by atoms with Crippen molar-refractivity contribution in [1.29, 1.82) is 5.26 Å². The highest BCUT2D eigenvalue weighted by Gasteiger charge is 2.65.